The van der Waals surface area contributed by atoms with Gasteiger partial charge in [-0.25, -0.2) is 4.99 Å². The van der Waals surface area contributed by atoms with Crippen molar-refractivity contribution in [3.05, 3.63) is 41.5 Å². The number of para-hydroxylation sites is 1. The van der Waals surface area contributed by atoms with Crippen LogP contribution in [0, 0.1) is 6.92 Å². The van der Waals surface area contributed by atoms with Crippen LogP contribution < -0.4 is 11.1 Å². The summed E-state index contributed by atoms with van der Waals surface area (Å²) in [6.07, 6.45) is 0. The summed E-state index contributed by atoms with van der Waals surface area (Å²) in [7, 11) is 1.64. The monoisotopic (exact) mass is 275 g/mol. The van der Waals surface area contributed by atoms with Crippen LogP contribution in [-0.2, 0) is 17.9 Å². The van der Waals surface area contributed by atoms with Crippen molar-refractivity contribution in [1.29, 1.82) is 0 Å². The molecule has 0 aliphatic rings. The molecule has 0 atom stereocenters. The van der Waals surface area contributed by atoms with Crippen molar-refractivity contribution in [2.24, 2.45) is 10.7 Å². The van der Waals surface area contributed by atoms with E-state index in [1.54, 1.807) is 14.0 Å². The Morgan fingerprint density at radius 3 is 2.95 bits per heavy atom. The summed E-state index contributed by atoms with van der Waals surface area (Å²) in [4.78, 5) is 8.20. The van der Waals surface area contributed by atoms with Gasteiger partial charge in [-0.3, -0.25) is 0 Å². The van der Waals surface area contributed by atoms with Gasteiger partial charge in [-0.05, 0) is 13.0 Å². The number of hydrogen-bond donors (Lipinski definition) is 2. The number of aliphatic imine (C=N–C) groups is 1. The summed E-state index contributed by atoms with van der Waals surface area (Å²) < 4.78 is 10.1. The van der Waals surface area contributed by atoms with Crippen molar-refractivity contribution in [1.82, 2.24) is 10.1 Å². The Morgan fingerprint density at radius 2 is 2.25 bits per heavy atom. The quantitative estimate of drug-likeness (QED) is 0.633. The van der Waals surface area contributed by atoms with E-state index in [0.717, 1.165) is 11.3 Å². The molecule has 0 saturated heterocycles. The number of hydrogen-bond acceptors (Lipinski definition) is 5. The largest absolute Gasteiger partial charge is 0.380 e. The van der Waals surface area contributed by atoms with E-state index in [1.807, 2.05) is 24.3 Å². The Morgan fingerprint density at radius 1 is 1.45 bits per heavy atom. The highest BCUT2D eigenvalue weighted by Gasteiger charge is 2.04. The van der Waals surface area contributed by atoms with Gasteiger partial charge in [0.15, 0.2) is 11.8 Å². The van der Waals surface area contributed by atoms with Crippen LogP contribution in [0.5, 0.6) is 0 Å². The molecule has 20 heavy (non-hydrogen) atoms. The molecule has 7 nitrogen and oxygen atoms in total. The lowest BCUT2D eigenvalue weighted by atomic mass is 10.2. The zero-order chi connectivity index (χ0) is 14.4. The normalized spacial score (nSPS) is 11.6. The number of methoxy groups -OCH3 is 1. The van der Waals surface area contributed by atoms with Gasteiger partial charge in [0.05, 0.1) is 6.61 Å². The number of ether oxygens (including phenoxy) is 1. The summed E-state index contributed by atoms with van der Waals surface area (Å²) in [5.41, 5.74) is 7.69. The van der Waals surface area contributed by atoms with Crippen molar-refractivity contribution in [3.8, 4) is 0 Å². The third-order valence-electron chi connectivity index (χ3n) is 2.53. The maximum Gasteiger partial charge on any atom is 0.248 e. The van der Waals surface area contributed by atoms with Gasteiger partial charge in [0.2, 0.25) is 5.89 Å². The number of aromatic nitrogens is 2. The zero-order valence-electron chi connectivity index (χ0n) is 11.5. The van der Waals surface area contributed by atoms with Crippen LogP contribution in [0.1, 0.15) is 17.3 Å². The van der Waals surface area contributed by atoms with Crippen molar-refractivity contribution >= 4 is 11.6 Å². The molecule has 7 heteroatoms. The number of nitrogens with one attached hydrogen (secondary N) is 1. The van der Waals surface area contributed by atoms with E-state index >= 15 is 0 Å². The molecule has 1 aromatic carbocycles. The Hall–Kier alpha value is -2.41. The Balaban J connectivity index is 2.01. The van der Waals surface area contributed by atoms with E-state index in [-0.39, 0.29) is 12.5 Å². The Kier molecular flexibility index (Phi) is 4.67. The molecule has 0 amide bonds. The molecule has 1 heterocycles. The van der Waals surface area contributed by atoms with Gasteiger partial charge in [-0.15, -0.1) is 0 Å². The van der Waals surface area contributed by atoms with E-state index in [0.29, 0.717) is 18.3 Å². The lowest BCUT2D eigenvalue weighted by Crippen LogP contribution is -2.23. The average Bonchev–Trinajstić information content (AvgIpc) is 2.85. The predicted molar refractivity (Wildman–Crippen MR) is 75.1 cm³/mol. The first-order chi connectivity index (χ1) is 9.69. The second-order valence-corrected chi connectivity index (χ2v) is 4.15. The van der Waals surface area contributed by atoms with Crippen LogP contribution in [0.2, 0.25) is 0 Å². The first-order valence-corrected chi connectivity index (χ1v) is 6.12. The molecule has 1 aromatic heterocycles. The summed E-state index contributed by atoms with van der Waals surface area (Å²) in [5, 5.41) is 6.71. The fraction of sp³-hybridized carbons (Fsp3) is 0.308. The van der Waals surface area contributed by atoms with Gasteiger partial charge in [-0.2, -0.15) is 4.98 Å². The fourth-order valence-corrected chi connectivity index (χ4v) is 1.66. The fourth-order valence-electron chi connectivity index (χ4n) is 1.66. The summed E-state index contributed by atoms with van der Waals surface area (Å²) in [6, 6.07) is 7.72. The molecule has 0 aliphatic heterocycles. The molecular weight excluding hydrogens is 258 g/mol. The van der Waals surface area contributed by atoms with Crippen LogP contribution in [0.3, 0.4) is 0 Å². The van der Waals surface area contributed by atoms with Crippen LogP contribution in [-0.4, -0.2) is 23.2 Å². The highest BCUT2D eigenvalue weighted by Crippen LogP contribution is 2.15. The number of rotatable bonds is 5. The zero-order valence-corrected chi connectivity index (χ0v) is 11.5. The molecule has 3 N–H and O–H groups in total. The number of aryl methyl sites for hydroxylation is 1. The van der Waals surface area contributed by atoms with E-state index in [1.165, 1.54) is 0 Å². The molecule has 0 spiro atoms. The smallest absolute Gasteiger partial charge is 0.248 e. The highest BCUT2D eigenvalue weighted by atomic mass is 16.5. The van der Waals surface area contributed by atoms with Crippen molar-refractivity contribution in [2.45, 2.75) is 20.1 Å². The molecular formula is C13H17N5O2. The highest BCUT2D eigenvalue weighted by molar-refractivity contribution is 5.92. The summed E-state index contributed by atoms with van der Waals surface area (Å²) in [5.74, 6) is 1.29. The minimum absolute atomic E-state index is 0.242. The molecule has 0 bridgehead atoms. The molecule has 106 valence electrons. The maximum absolute atomic E-state index is 5.83. The summed E-state index contributed by atoms with van der Waals surface area (Å²) in [6.45, 7) is 2.49. The minimum atomic E-state index is 0.242. The molecule has 2 aromatic rings. The summed E-state index contributed by atoms with van der Waals surface area (Å²) >= 11 is 0. The lowest BCUT2D eigenvalue weighted by Gasteiger charge is -2.10. The van der Waals surface area contributed by atoms with E-state index in [9.17, 15) is 0 Å². The van der Waals surface area contributed by atoms with E-state index in [4.69, 9.17) is 15.0 Å². The van der Waals surface area contributed by atoms with Gasteiger partial charge in [0, 0.05) is 18.4 Å². The SMILES string of the molecule is COCc1ccccc1NC(N)=NCc1nc(C)no1. The molecule has 0 fully saturated rings. The number of nitrogens with zero attached hydrogens (tertiary/aromatic N) is 3. The minimum Gasteiger partial charge on any atom is -0.380 e. The van der Waals surface area contributed by atoms with E-state index < -0.39 is 0 Å². The van der Waals surface area contributed by atoms with Gasteiger partial charge < -0.3 is 20.3 Å². The maximum atomic E-state index is 5.83. The first-order valence-electron chi connectivity index (χ1n) is 6.12. The van der Waals surface area contributed by atoms with Crippen molar-refractivity contribution < 1.29 is 9.26 Å². The predicted octanol–water partition coefficient (Wildman–Crippen LogP) is 1.45. The molecule has 0 aliphatic carbocycles. The molecule has 0 unspecified atom stereocenters. The van der Waals surface area contributed by atoms with Gasteiger partial charge in [-0.1, -0.05) is 23.4 Å². The second kappa shape index (κ2) is 6.67. The topological polar surface area (TPSA) is 98.6 Å². The van der Waals surface area contributed by atoms with Crippen LogP contribution in [0.4, 0.5) is 5.69 Å². The van der Waals surface area contributed by atoms with Crippen LogP contribution in [0.15, 0.2) is 33.8 Å². The second-order valence-electron chi connectivity index (χ2n) is 4.15. The third-order valence-corrected chi connectivity index (χ3v) is 2.53. The van der Waals surface area contributed by atoms with Gasteiger partial charge in [0.1, 0.15) is 6.54 Å². The van der Waals surface area contributed by atoms with Crippen molar-refractivity contribution in [2.75, 3.05) is 12.4 Å². The molecule has 0 radical (unpaired) electrons. The van der Waals surface area contributed by atoms with Crippen LogP contribution >= 0.6 is 0 Å². The van der Waals surface area contributed by atoms with Crippen molar-refractivity contribution in [3.63, 3.8) is 0 Å². The van der Waals surface area contributed by atoms with Gasteiger partial charge >= 0.3 is 0 Å². The Labute approximate surface area is 116 Å². The number of nitrogens with two attached hydrogens (primary N) is 1. The molecule has 2 rings (SSSR count). The lowest BCUT2D eigenvalue weighted by molar-refractivity contribution is 0.185. The number of guanidine groups is 1. The third kappa shape index (κ3) is 3.79. The standard InChI is InChI=1S/C13H17N5O2/c1-9-16-12(20-18-9)7-15-13(14)17-11-6-4-3-5-10(11)8-19-2/h3-6H,7-8H2,1-2H3,(H3,14,15,17). The van der Waals surface area contributed by atoms with E-state index in [2.05, 4.69) is 20.4 Å². The average molecular weight is 275 g/mol. The van der Waals surface area contributed by atoms with Crippen LogP contribution in [0.25, 0.3) is 0 Å². The molecule has 0 saturated carbocycles. The number of benzene rings is 1. The Bertz CT molecular complexity index is 594. The first kappa shape index (κ1) is 14.0. The number of anilines is 1. The van der Waals surface area contributed by atoms with Gasteiger partial charge in [0.25, 0.3) is 0 Å².